The van der Waals surface area contributed by atoms with Crippen LogP contribution in [0.25, 0.3) is 0 Å². The lowest BCUT2D eigenvalue weighted by Gasteiger charge is -2.24. The van der Waals surface area contributed by atoms with Crippen molar-refractivity contribution in [1.82, 2.24) is 4.90 Å². The highest BCUT2D eigenvalue weighted by molar-refractivity contribution is 7.56. The van der Waals surface area contributed by atoms with E-state index in [0.717, 1.165) is 42.2 Å². The third-order valence-electron chi connectivity index (χ3n) is 5.51. The van der Waals surface area contributed by atoms with Crippen LogP contribution in [0.3, 0.4) is 0 Å². The van der Waals surface area contributed by atoms with Crippen LogP contribution in [-0.2, 0) is 28.8 Å². The molecule has 0 aliphatic carbocycles. The summed E-state index contributed by atoms with van der Waals surface area (Å²) in [6, 6.07) is 16.7. The molecule has 0 N–H and O–H groups in total. The Morgan fingerprint density at radius 2 is 1.81 bits per heavy atom. The van der Waals surface area contributed by atoms with Crippen molar-refractivity contribution in [2.45, 2.75) is 58.5 Å². The fourth-order valence-corrected chi connectivity index (χ4v) is 5.65. The molecule has 0 radical (unpaired) electrons. The Morgan fingerprint density at radius 1 is 1.09 bits per heavy atom. The third kappa shape index (κ3) is 7.06. The first-order valence-corrected chi connectivity index (χ1v) is 13.5. The quantitative estimate of drug-likeness (QED) is 0.266. The van der Waals surface area contributed by atoms with Crippen molar-refractivity contribution in [2.75, 3.05) is 24.3 Å². The molecule has 32 heavy (non-hydrogen) atoms. The number of carbonyl (C=O) groups excluding carboxylic acids is 2. The maximum absolute atomic E-state index is 12.4. The number of hydrogen-bond donors (Lipinski definition) is 0. The van der Waals surface area contributed by atoms with E-state index in [1.165, 1.54) is 11.7 Å². The van der Waals surface area contributed by atoms with Crippen LogP contribution < -0.4 is 4.90 Å². The van der Waals surface area contributed by atoms with Gasteiger partial charge in [0.05, 0.1) is 0 Å². The molecule has 172 valence electrons. The highest BCUT2D eigenvalue weighted by Crippen LogP contribution is 2.36. The van der Waals surface area contributed by atoms with Gasteiger partial charge >= 0.3 is 6.09 Å². The van der Waals surface area contributed by atoms with Crippen LogP contribution in [0.1, 0.15) is 50.3 Å². The van der Waals surface area contributed by atoms with Crippen molar-refractivity contribution in [1.29, 1.82) is 0 Å². The number of ether oxygens (including phenoxy) is 1. The average Bonchev–Trinajstić information content (AvgIpc) is 3.17. The van der Waals surface area contributed by atoms with Crippen molar-refractivity contribution in [2.24, 2.45) is 0 Å². The number of amides is 2. The van der Waals surface area contributed by atoms with Crippen molar-refractivity contribution in [3.63, 3.8) is 0 Å². The monoisotopic (exact) mass is 454 g/mol. The molecule has 2 aromatic rings. The highest BCUT2D eigenvalue weighted by atomic mass is 31.1. The number of carbonyl (C=O) groups is 2. The highest BCUT2D eigenvalue weighted by Gasteiger charge is 2.28. The smallest absolute Gasteiger partial charge is 0.410 e. The first-order chi connectivity index (χ1) is 15.2. The lowest BCUT2D eigenvalue weighted by atomic mass is 10.1. The van der Waals surface area contributed by atoms with Crippen LogP contribution in [-0.4, -0.2) is 42.4 Å². The van der Waals surface area contributed by atoms with Gasteiger partial charge in [-0.15, -0.1) is 7.92 Å². The van der Waals surface area contributed by atoms with Gasteiger partial charge in [0.15, 0.2) is 0 Å². The first-order valence-electron chi connectivity index (χ1n) is 11.3. The van der Waals surface area contributed by atoms with E-state index in [9.17, 15) is 9.59 Å². The van der Waals surface area contributed by atoms with Gasteiger partial charge < -0.3 is 9.64 Å². The van der Waals surface area contributed by atoms with E-state index in [4.69, 9.17) is 4.74 Å². The zero-order valence-electron chi connectivity index (χ0n) is 19.7. The van der Waals surface area contributed by atoms with Crippen molar-refractivity contribution in [3.05, 3.63) is 65.2 Å². The molecule has 1 aliphatic rings. The maximum Gasteiger partial charge on any atom is 0.410 e. The Balaban J connectivity index is 1.48. The number of hydrogen-bond acceptors (Lipinski definition) is 3. The molecule has 1 aliphatic heterocycles. The van der Waals surface area contributed by atoms with E-state index >= 15 is 0 Å². The normalized spacial score (nSPS) is 14.1. The number of anilines is 1. The summed E-state index contributed by atoms with van der Waals surface area (Å²) in [5, 5.41) is 0. The van der Waals surface area contributed by atoms with E-state index in [-0.39, 0.29) is 14.0 Å². The number of unbranched alkanes of at least 4 members (excludes halogenated alkanes) is 1. The second kappa shape index (κ2) is 11.0. The second-order valence-corrected chi connectivity index (χ2v) is 12.0. The van der Waals surface area contributed by atoms with Gasteiger partial charge in [0.25, 0.3) is 0 Å². The van der Waals surface area contributed by atoms with E-state index < -0.39 is 5.60 Å². The summed E-state index contributed by atoms with van der Waals surface area (Å²) in [4.78, 5) is 27.6. The second-order valence-electron chi connectivity index (χ2n) is 9.52. The first kappa shape index (κ1) is 24.3. The number of benzene rings is 2. The van der Waals surface area contributed by atoms with Crippen LogP contribution in [0.2, 0.25) is 0 Å². The Kier molecular flexibility index (Phi) is 8.31. The molecule has 2 aromatic carbocycles. The van der Waals surface area contributed by atoms with Crippen LogP contribution in [0.4, 0.5) is 10.5 Å². The van der Waals surface area contributed by atoms with Gasteiger partial charge in [0.1, 0.15) is 5.60 Å². The number of fused-ring (bicyclic) bond motifs is 1. The van der Waals surface area contributed by atoms with Crippen LogP contribution in [0.15, 0.2) is 48.5 Å². The molecule has 5 nitrogen and oxygen atoms in total. The minimum Gasteiger partial charge on any atom is -0.444 e. The molecule has 0 aromatic heterocycles. The lowest BCUT2D eigenvalue weighted by Crippen LogP contribution is -2.33. The SMILES string of the molecule is CP(CCCCN(C=O)c1ccc2c(c1)CN(C(=O)OC(C)(C)C)C2)Cc1ccccc1. The Morgan fingerprint density at radius 3 is 2.50 bits per heavy atom. The van der Waals surface area contributed by atoms with Gasteiger partial charge in [0, 0.05) is 25.3 Å². The van der Waals surface area contributed by atoms with Crippen LogP contribution in [0.5, 0.6) is 0 Å². The number of rotatable bonds is 9. The molecule has 0 saturated carbocycles. The molecular formula is C26H35N2O3P. The van der Waals surface area contributed by atoms with E-state index in [2.05, 4.69) is 37.0 Å². The Labute approximate surface area is 193 Å². The summed E-state index contributed by atoms with van der Waals surface area (Å²) in [6.45, 7) is 9.76. The van der Waals surface area contributed by atoms with Gasteiger partial charge in [-0.1, -0.05) is 36.4 Å². The van der Waals surface area contributed by atoms with Crippen molar-refractivity contribution < 1.29 is 14.3 Å². The molecule has 2 amide bonds. The van der Waals surface area contributed by atoms with Gasteiger partial charge in [-0.3, -0.25) is 9.69 Å². The molecule has 3 rings (SSSR count). The standard InChI is InChI=1S/C26H35N2O3P/c1-26(2,3)31-25(30)28-17-22-12-13-24(16-23(22)18-28)27(20-29)14-8-9-15-32(4)19-21-10-6-5-7-11-21/h5-7,10-13,16,20H,8-9,14-15,17-19H2,1-4H3. The third-order valence-corrected chi connectivity index (χ3v) is 7.49. The largest absolute Gasteiger partial charge is 0.444 e. The van der Waals surface area contributed by atoms with Crippen LogP contribution >= 0.6 is 7.92 Å². The summed E-state index contributed by atoms with van der Waals surface area (Å²) < 4.78 is 5.50. The minimum atomic E-state index is -0.509. The molecule has 0 spiro atoms. The lowest BCUT2D eigenvalue weighted by molar-refractivity contribution is -0.107. The van der Waals surface area contributed by atoms with Crippen LogP contribution in [0, 0.1) is 0 Å². The van der Waals surface area contributed by atoms with Gasteiger partial charge in [0.2, 0.25) is 6.41 Å². The molecule has 0 saturated heterocycles. The zero-order valence-corrected chi connectivity index (χ0v) is 20.6. The molecule has 1 atom stereocenters. The van der Waals surface area contributed by atoms with Gasteiger partial charge in [-0.2, -0.15) is 0 Å². The Bertz CT molecular complexity index is 911. The molecular weight excluding hydrogens is 419 g/mol. The summed E-state index contributed by atoms with van der Waals surface area (Å²) in [7, 11) is -0.0279. The van der Waals surface area contributed by atoms with Crippen molar-refractivity contribution in [3.8, 4) is 0 Å². The predicted molar refractivity (Wildman–Crippen MR) is 132 cm³/mol. The van der Waals surface area contributed by atoms with Gasteiger partial charge in [-0.25, -0.2) is 4.79 Å². The topological polar surface area (TPSA) is 49.9 Å². The molecule has 6 heteroatoms. The zero-order chi connectivity index (χ0) is 23.1. The van der Waals surface area contributed by atoms with E-state index in [1.807, 2.05) is 39.0 Å². The van der Waals surface area contributed by atoms with E-state index in [1.54, 1.807) is 9.80 Å². The number of nitrogens with zero attached hydrogens (tertiary/aromatic N) is 2. The molecule has 0 bridgehead atoms. The van der Waals surface area contributed by atoms with Gasteiger partial charge in [-0.05, 0) is 81.4 Å². The average molecular weight is 455 g/mol. The maximum atomic E-state index is 12.4. The summed E-state index contributed by atoms with van der Waals surface area (Å²) in [5.74, 6) is 0. The van der Waals surface area contributed by atoms with Crippen molar-refractivity contribution >= 4 is 26.1 Å². The Hall–Kier alpha value is -2.39. The summed E-state index contributed by atoms with van der Waals surface area (Å²) >= 11 is 0. The molecule has 0 fully saturated rings. The summed E-state index contributed by atoms with van der Waals surface area (Å²) in [5.41, 5.74) is 4.00. The molecule has 1 unspecified atom stereocenters. The van der Waals surface area contributed by atoms with E-state index in [0.29, 0.717) is 19.6 Å². The minimum absolute atomic E-state index is 0.0279. The fourth-order valence-electron chi connectivity index (χ4n) is 3.90. The molecule has 1 heterocycles. The fraction of sp³-hybridized carbons (Fsp3) is 0.462. The predicted octanol–water partition coefficient (Wildman–Crippen LogP) is 5.99. The summed E-state index contributed by atoms with van der Waals surface area (Å²) in [6.07, 6.45) is 5.10.